The first-order valence-electron chi connectivity index (χ1n) is 11.5. The summed E-state index contributed by atoms with van der Waals surface area (Å²) in [4.78, 5) is 11.4. The molecule has 0 spiro atoms. The predicted octanol–water partition coefficient (Wildman–Crippen LogP) is 6.60. The molecule has 4 nitrogen and oxygen atoms in total. The van der Waals surface area contributed by atoms with Gasteiger partial charge in [-0.3, -0.25) is 4.79 Å². The third kappa shape index (κ3) is 4.42. The van der Waals surface area contributed by atoms with E-state index >= 15 is 0 Å². The molecule has 2 saturated carbocycles. The second-order valence-electron chi connectivity index (χ2n) is 10.2. The lowest BCUT2D eigenvalue weighted by atomic mass is 9.58. The summed E-state index contributed by atoms with van der Waals surface area (Å²) in [6, 6.07) is 10.7. The molecule has 2 aliphatic carbocycles. The van der Waals surface area contributed by atoms with Crippen molar-refractivity contribution in [3.63, 3.8) is 0 Å². The Hall–Kier alpha value is -1.78. The van der Waals surface area contributed by atoms with Gasteiger partial charge in [-0.15, -0.1) is 0 Å². The topological polar surface area (TPSA) is 58.6 Å². The van der Waals surface area contributed by atoms with Crippen LogP contribution >= 0.6 is 11.6 Å². The van der Waals surface area contributed by atoms with Crippen LogP contribution in [0.15, 0.2) is 30.3 Å². The second kappa shape index (κ2) is 8.63. The summed E-state index contributed by atoms with van der Waals surface area (Å²) in [5.74, 6) is 0.574. The van der Waals surface area contributed by atoms with Gasteiger partial charge in [-0.1, -0.05) is 50.6 Å². The Morgan fingerprint density at radius 1 is 1.19 bits per heavy atom. The number of fused-ring (bicyclic) bond motifs is 1. The molecule has 3 atom stereocenters. The minimum Gasteiger partial charge on any atom is -0.489 e. The molecule has 0 saturated heterocycles. The number of carboxylic acids is 1. The van der Waals surface area contributed by atoms with Crippen LogP contribution in [0.25, 0.3) is 10.8 Å². The monoisotopic (exact) mass is 443 g/mol. The van der Waals surface area contributed by atoms with Gasteiger partial charge in [0.25, 0.3) is 0 Å². The highest BCUT2D eigenvalue weighted by Gasteiger charge is 2.52. The maximum atomic E-state index is 11.4. The van der Waals surface area contributed by atoms with E-state index in [2.05, 4.69) is 43.4 Å². The third-order valence-corrected chi connectivity index (χ3v) is 8.11. The van der Waals surface area contributed by atoms with Crippen LogP contribution in [-0.4, -0.2) is 23.2 Å². The van der Waals surface area contributed by atoms with Crippen LogP contribution in [0.1, 0.15) is 71.4 Å². The van der Waals surface area contributed by atoms with E-state index in [1.807, 2.05) is 19.9 Å². The molecule has 2 fully saturated rings. The largest absolute Gasteiger partial charge is 0.489 e. The summed E-state index contributed by atoms with van der Waals surface area (Å²) in [6.45, 7) is 8.50. The predicted molar refractivity (Wildman–Crippen MR) is 126 cm³/mol. The summed E-state index contributed by atoms with van der Waals surface area (Å²) in [5, 5.41) is 15.8. The molecule has 2 N–H and O–H groups in total. The van der Waals surface area contributed by atoms with E-state index < -0.39 is 5.97 Å². The Morgan fingerprint density at radius 3 is 2.52 bits per heavy atom. The molecule has 4 rings (SSSR count). The summed E-state index contributed by atoms with van der Waals surface area (Å²) in [5.41, 5.74) is 0.889. The van der Waals surface area contributed by atoms with Gasteiger partial charge in [-0.2, -0.15) is 0 Å². The van der Waals surface area contributed by atoms with Gasteiger partial charge in [0.15, 0.2) is 0 Å². The van der Waals surface area contributed by atoms with Crippen molar-refractivity contribution in [1.29, 1.82) is 0 Å². The molecule has 2 aromatic rings. The van der Waals surface area contributed by atoms with Crippen molar-refractivity contribution >= 4 is 28.3 Å². The molecule has 2 aromatic carbocycles. The second-order valence-corrected chi connectivity index (χ2v) is 10.6. The Balaban J connectivity index is 1.50. The molecule has 3 unspecified atom stereocenters. The molecule has 0 radical (unpaired) electrons. The number of rotatable bonds is 6. The smallest absolute Gasteiger partial charge is 0.307 e. The molecule has 0 amide bonds. The molecule has 0 heterocycles. The summed E-state index contributed by atoms with van der Waals surface area (Å²) >= 11 is 6.80. The number of benzene rings is 2. The first-order chi connectivity index (χ1) is 14.7. The van der Waals surface area contributed by atoms with Gasteiger partial charge in [-0.25, -0.2) is 0 Å². The SMILES string of the molecule is CC(NC1CC(C(=O)O)C1(C)C)c1ccc2ccc(O[C@H]3CC[C@@H](C)CC3)c(Cl)c2c1. The molecule has 2 aliphatic rings. The van der Waals surface area contributed by atoms with Crippen molar-refractivity contribution in [2.24, 2.45) is 17.3 Å². The van der Waals surface area contributed by atoms with Crippen LogP contribution in [-0.2, 0) is 4.79 Å². The fourth-order valence-corrected chi connectivity index (χ4v) is 5.46. The Labute approximate surface area is 190 Å². The van der Waals surface area contributed by atoms with Crippen LogP contribution in [0.5, 0.6) is 5.75 Å². The lowest BCUT2D eigenvalue weighted by molar-refractivity contribution is -0.155. The van der Waals surface area contributed by atoms with E-state index in [0.717, 1.165) is 40.8 Å². The number of aliphatic carboxylic acids is 1. The normalized spacial score (nSPS) is 28.7. The first kappa shape index (κ1) is 22.4. The molecule has 0 aromatic heterocycles. The molecular weight excluding hydrogens is 410 g/mol. The average Bonchev–Trinajstić information content (AvgIpc) is 2.73. The molecule has 168 valence electrons. The number of ether oxygens (including phenoxy) is 1. The van der Waals surface area contributed by atoms with Gasteiger partial charge in [0.2, 0.25) is 0 Å². The zero-order valence-corrected chi connectivity index (χ0v) is 19.7. The molecule has 5 heteroatoms. The number of carbonyl (C=O) groups is 1. The van der Waals surface area contributed by atoms with Gasteiger partial charge < -0.3 is 15.2 Å². The number of hydrogen-bond acceptors (Lipinski definition) is 3. The molecular formula is C26H34ClNO3. The minimum atomic E-state index is -0.701. The lowest BCUT2D eigenvalue weighted by Crippen LogP contribution is -2.59. The van der Waals surface area contributed by atoms with Gasteiger partial charge >= 0.3 is 5.97 Å². The van der Waals surface area contributed by atoms with Crippen molar-refractivity contribution in [3.8, 4) is 5.75 Å². The number of halogens is 1. The van der Waals surface area contributed by atoms with Crippen LogP contribution < -0.4 is 10.1 Å². The molecule has 0 aliphatic heterocycles. The van der Waals surface area contributed by atoms with E-state index in [4.69, 9.17) is 16.3 Å². The van der Waals surface area contributed by atoms with Crippen molar-refractivity contribution in [1.82, 2.24) is 5.32 Å². The zero-order chi connectivity index (χ0) is 22.3. The summed E-state index contributed by atoms with van der Waals surface area (Å²) < 4.78 is 6.29. The first-order valence-corrected chi connectivity index (χ1v) is 11.9. The highest BCUT2D eigenvalue weighted by Crippen LogP contribution is 2.47. The van der Waals surface area contributed by atoms with E-state index in [0.29, 0.717) is 11.4 Å². The average molecular weight is 444 g/mol. The standard InChI is InChI=1S/C26H34ClNO3/c1-15-5-10-19(11-6-15)31-22-12-9-17-7-8-18(13-20(17)24(22)27)16(2)28-23-14-21(25(29)30)26(23,3)4/h7-9,12-13,15-16,19,21,23,28H,5-6,10-11,14H2,1-4H3,(H,29,30)/t15-,16?,19+,21?,23?. The Kier molecular flexibility index (Phi) is 6.24. The molecule has 31 heavy (non-hydrogen) atoms. The van der Waals surface area contributed by atoms with Gasteiger partial charge in [0, 0.05) is 17.5 Å². The van der Waals surface area contributed by atoms with Crippen LogP contribution in [0.2, 0.25) is 5.02 Å². The van der Waals surface area contributed by atoms with Gasteiger partial charge in [0.1, 0.15) is 5.75 Å². The summed E-state index contributed by atoms with van der Waals surface area (Å²) in [7, 11) is 0. The van der Waals surface area contributed by atoms with Crippen molar-refractivity contribution in [3.05, 3.63) is 40.9 Å². The van der Waals surface area contributed by atoms with E-state index in [9.17, 15) is 9.90 Å². The highest BCUT2D eigenvalue weighted by atomic mass is 35.5. The summed E-state index contributed by atoms with van der Waals surface area (Å²) in [6.07, 6.45) is 5.51. The maximum absolute atomic E-state index is 11.4. The Morgan fingerprint density at radius 2 is 1.87 bits per heavy atom. The highest BCUT2D eigenvalue weighted by molar-refractivity contribution is 6.37. The zero-order valence-electron chi connectivity index (χ0n) is 19.0. The van der Waals surface area contributed by atoms with E-state index in [-0.39, 0.29) is 29.5 Å². The van der Waals surface area contributed by atoms with Crippen molar-refractivity contribution < 1.29 is 14.6 Å². The van der Waals surface area contributed by atoms with Crippen molar-refractivity contribution in [2.45, 2.75) is 78.0 Å². The fraction of sp³-hybridized carbons (Fsp3) is 0.577. The number of nitrogens with one attached hydrogen (secondary N) is 1. The minimum absolute atomic E-state index is 0.101. The number of hydrogen-bond donors (Lipinski definition) is 2. The third-order valence-electron chi connectivity index (χ3n) is 7.72. The van der Waals surface area contributed by atoms with E-state index in [1.54, 1.807) is 0 Å². The van der Waals surface area contributed by atoms with Crippen molar-refractivity contribution in [2.75, 3.05) is 0 Å². The van der Waals surface area contributed by atoms with Gasteiger partial charge in [0.05, 0.1) is 17.0 Å². The maximum Gasteiger partial charge on any atom is 0.307 e. The lowest BCUT2D eigenvalue weighted by Gasteiger charge is -2.51. The Bertz CT molecular complexity index is 965. The molecule has 0 bridgehead atoms. The van der Waals surface area contributed by atoms with Crippen LogP contribution in [0, 0.1) is 17.3 Å². The fourth-order valence-electron chi connectivity index (χ4n) is 5.19. The number of carboxylic acid groups (broad SMARTS) is 1. The van der Waals surface area contributed by atoms with Crippen LogP contribution in [0.3, 0.4) is 0 Å². The quantitative estimate of drug-likeness (QED) is 0.528. The van der Waals surface area contributed by atoms with Gasteiger partial charge in [-0.05, 0) is 73.4 Å². The van der Waals surface area contributed by atoms with E-state index in [1.165, 1.54) is 12.8 Å². The van der Waals surface area contributed by atoms with Crippen LogP contribution in [0.4, 0.5) is 0 Å².